The van der Waals surface area contributed by atoms with Crippen molar-refractivity contribution in [2.75, 3.05) is 13.2 Å². The zero-order chi connectivity index (χ0) is 47.9. The van der Waals surface area contributed by atoms with Crippen LogP contribution >= 0.6 is 0 Å². The molecule has 0 radical (unpaired) electrons. The molecule has 66 heavy (non-hydrogen) atoms. The second kappa shape index (κ2) is 55.5. The van der Waals surface area contributed by atoms with E-state index in [1.54, 1.807) is 0 Å². The largest absolute Gasteiger partial charge is 0.462 e. The van der Waals surface area contributed by atoms with Gasteiger partial charge in [0, 0.05) is 19.3 Å². The summed E-state index contributed by atoms with van der Waals surface area (Å²) in [7, 11) is 0. The third-order valence-corrected chi connectivity index (χ3v) is 13.2. The Bertz CT molecular complexity index is 1070. The van der Waals surface area contributed by atoms with Crippen molar-refractivity contribution in [2.24, 2.45) is 0 Å². The summed E-state index contributed by atoms with van der Waals surface area (Å²) in [6.45, 7) is 6.64. The van der Waals surface area contributed by atoms with E-state index in [0.29, 0.717) is 19.3 Å². The van der Waals surface area contributed by atoms with Gasteiger partial charge in [0.05, 0.1) is 0 Å². The molecule has 0 aromatic carbocycles. The van der Waals surface area contributed by atoms with Gasteiger partial charge < -0.3 is 14.2 Å². The van der Waals surface area contributed by atoms with Crippen LogP contribution in [-0.2, 0) is 28.6 Å². The quantitative estimate of drug-likeness (QED) is 0.0262. The van der Waals surface area contributed by atoms with Gasteiger partial charge in [-0.15, -0.1) is 0 Å². The van der Waals surface area contributed by atoms with Gasteiger partial charge in [0.25, 0.3) is 0 Å². The average Bonchev–Trinajstić information content (AvgIpc) is 3.31. The summed E-state index contributed by atoms with van der Waals surface area (Å²) in [4.78, 5) is 38.1. The van der Waals surface area contributed by atoms with Crippen LogP contribution in [0.3, 0.4) is 0 Å². The number of ether oxygens (including phenoxy) is 3. The van der Waals surface area contributed by atoms with Crippen LogP contribution < -0.4 is 0 Å². The highest BCUT2D eigenvalue weighted by atomic mass is 16.6. The fraction of sp³-hybridized carbons (Fsp3) is 0.883. The lowest BCUT2D eigenvalue weighted by Crippen LogP contribution is -2.30. The Balaban J connectivity index is 4.33. The normalized spacial score (nSPS) is 12.1. The number of rotatable bonds is 54. The van der Waals surface area contributed by atoms with Gasteiger partial charge in [-0.05, 0) is 38.5 Å². The molecule has 0 fully saturated rings. The molecule has 0 aliphatic carbocycles. The maximum Gasteiger partial charge on any atom is 0.306 e. The Morgan fingerprint density at radius 1 is 0.303 bits per heavy atom. The molecule has 0 aliphatic rings. The molecule has 0 heterocycles. The van der Waals surface area contributed by atoms with E-state index in [0.717, 1.165) is 51.4 Å². The number of esters is 3. The first-order valence-electron chi connectivity index (χ1n) is 29.3. The molecule has 0 aromatic heterocycles. The van der Waals surface area contributed by atoms with Crippen molar-refractivity contribution in [3.8, 4) is 0 Å². The van der Waals surface area contributed by atoms with Crippen molar-refractivity contribution in [3.05, 3.63) is 24.3 Å². The first kappa shape index (κ1) is 63.9. The van der Waals surface area contributed by atoms with Gasteiger partial charge in [-0.1, -0.05) is 289 Å². The highest BCUT2D eigenvalue weighted by Crippen LogP contribution is 2.17. The summed E-state index contributed by atoms with van der Waals surface area (Å²) >= 11 is 0. The van der Waals surface area contributed by atoms with Crippen molar-refractivity contribution in [2.45, 2.75) is 329 Å². The van der Waals surface area contributed by atoms with Gasteiger partial charge in [0.1, 0.15) is 13.2 Å². The van der Waals surface area contributed by atoms with Gasteiger partial charge >= 0.3 is 17.9 Å². The number of hydrogen-bond donors (Lipinski definition) is 0. The topological polar surface area (TPSA) is 78.9 Å². The SMILES string of the molecule is CCCCCCCC/C=C/C/C=C/CCC(=O)OCC(COC(=O)CCCCCCCCCCCCCCCCCCCCC)OC(=O)CCCCCCCCCCCCCCCCCC. The number of unbranched alkanes of at least 4 members (excludes halogenated alkanes) is 39. The zero-order valence-electron chi connectivity index (χ0n) is 44.5. The Morgan fingerprint density at radius 2 is 0.576 bits per heavy atom. The van der Waals surface area contributed by atoms with Crippen LogP contribution in [-0.4, -0.2) is 37.2 Å². The van der Waals surface area contributed by atoms with Gasteiger partial charge in [-0.3, -0.25) is 14.4 Å². The lowest BCUT2D eigenvalue weighted by Gasteiger charge is -2.18. The predicted molar refractivity (Wildman–Crippen MR) is 284 cm³/mol. The molecule has 0 saturated carbocycles. The second-order valence-corrected chi connectivity index (χ2v) is 19.9. The standard InChI is InChI=1S/C60H112O6/c1-4-7-10-13-16-19-22-25-27-29-30-31-33-35-38-41-44-47-50-53-59(62)65-56-57(55-64-58(61)52-49-46-43-40-37-34-24-21-18-15-12-9-6-3)66-60(63)54-51-48-45-42-39-36-32-28-26-23-20-17-14-11-8-5-2/h34,37,43,46,57H,4-33,35-36,38-42,44-45,47-56H2,1-3H3/b37-34+,46-43+. The minimum Gasteiger partial charge on any atom is -0.462 e. The summed E-state index contributed by atoms with van der Waals surface area (Å²) in [6.07, 6.45) is 64.7. The van der Waals surface area contributed by atoms with E-state index in [1.165, 1.54) is 225 Å². The fourth-order valence-corrected chi connectivity index (χ4v) is 8.79. The molecular formula is C60H112O6. The Morgan fingerprint density at radius 3 is 0.924 bits per heavy atom. The van der Waals surface area contributed by atoms with E-state index in [-0.39, 0.29) is 37.5 Å². The number of allylic oxidation sites excluding steroid dienone is 4. The zero-order valence-corrected chi connectivity index (χ0v) is 44.5. The van der Waals surface area contributed by atoms with Crippen LogP contribution in [0.25, 0.3) is 0 Å². The summed E-state index contributed by atoms with van der Waals surface area (Å²) in [5.41, 5.74) is 0. The monoisotopic (exact) mass is 929 g/mol. The van der Waals surface area contributed by atoms with Crippen LogP contribution in [0.1, 0.15) is 323 Å². The third kappa shape index (κ3) is 52.9. The van der Waals surface area contributed by atoms with Crippen molar-refractivity contribution >= 4 is 17.9 Å². The maximum absolute atomic E-state index is 12.8. The van der Waals surface area contributed by atoms with E-state index >= 15 is 0 Å². The van der Waals surface area contributed by atoms with Crippen molar-refractivity contribution in [1.82, 2.24) is 0 Å². The van der Waals surface area contributed by atoms with E-state index in [1.807, 2.05) is 6.08 Å². The Labute approximate surface area is 411 Å². The fourth-order valence-electron chi connectivity index (χ4n) is 8.79. The number of carbonyl (C=O) groups excluding carboxylic acids is 3. The number of carbonyl (C=O) groups is 3. The molecule has 0 amide bonds. The summed E-state index contributed by atoms with van der Waals surface area (Å²) in [5.74, 6) is -0.931. The lowest BCUT2D eigenvalue weighted by atomic mass is 10.0. The van der Waals surface area contributed by atoms with E-state index in [9.17, 15) is 14.4 Å². The maximum atomic E-state index is 12.8. The van der Waals surface area contributed by atoms with Gasteiger partial charge in [-0.25, -0.2) is 0 Å². The van der Waals surface area contributed by atoms with Gasteiger partial charge in [0.2, 0.25) is 0 Å². The Kier molecular flexibility index (Phi) is 53.7. The summed E-state index contributed by atoms with van der Waals surface area (Å²) < 4.78 is 16.8. The lowest BCUT2D eigenvalue weighted by molar-refractivity contribution is -0.166. The molecule has 1 unspecified atom stereocenters. The molecule has 0 spiro atoms. The molecule has 388 valence electrons. The van der Waals surface area contributed by atoms with Gasteiger partial charge in [-0.2, -0.15) is 0 Å². The number of hydrogen-bond acceptors (Lipinski definition) is 6. The molecule has 0 aliphatic heterocycles. The molecule has 6 nitrogen and oxygen atoms in total. The van der Waals surface area contributed by atoms with Crippen molar-refractivity contribution in [3.63, 3.8) is 0 Å². The molecule has 0 saturated heterocycles. The van der Waals surface area contributed by atoms with Crippen LogP contribution in [0.2, 0.25) is 0 Å². The molecule has 0 N–H and O–H groups in total. The minimum absolute atomic E-state index is 0.0824. The van der Waals surface area contributed by atoms with E-state index in [4.69, 9.17) is 14.2 Å². The third-order valence-electron chi connectivity index (χ3n) is 13.2. The molecule has 0 rings (SSSR count). The average molecular weight is 930 g/mol. The molecule has 0 aromatic rings. The molecular weight excluding hydrogens is 817 g/mol. The van der Waals surface area contributed by atoms with E-state index in [2.05, 4.69) is 39.0 Å². The Hall–Kier alpha value is -2.11. The smallest absolute Gasteiger partial charge is 0.306 e. The summed E-state index contributed by atoms with van der Waals surface area (Å²) in [5, 5.41) is 0. The first-order valence-corrected chi connectivity index (χ1v) is 29.3. The molecule has 0 bridgehead atoms. The van der Waals surface area contributed by atoms with Crippen LogP contribution in [0.15, 0.2) is 24.3 Å². The molecule has 1 atom stereocenters. The van der Waals surface area contributed by atoms with Gasteiger partial charge in [0.15, 0.2) is 6.10 Å². The molecule has 6 heteroatoms. The predicted octanol–water partition coefficient (Wildman–Crippen LogP) is 19.5. The van der Waals surface area contributed by atoms with E-state index < -0.39 is 6.10 Å². The highest BCUT2D eigenvalue weighted by molar-refractivity contribution is 5.71. The summed E-state index contributed by atoms with van der Waals surface area (Å²) in [6, 6.07) is 0. The van der Waals surface area contributed by atoms with Crippen molar-refractivity contribution in [1.29, 1.82) is 0 Å². The second-order valence-electron chi connectivity index (χ2n) is 19.9. The van der Waals surface area contributed by atoms with Crippen LogP contribution in [0.4, 0.5) is 0 Å². The minimum atomic E-state index is -0.788. The first-order chi connectivity index (χ1) is 32.5. The highest BCUT2D eigenvalue weighted by Gasteiger charge is 2.19. The van der Waals surface area contributed by atoms with Crippen molar-refractivity contribution < 1.29 is 28.6 Å². The van der Waals surface area contributed by atoms with Crippen LogP contribution in [0.5, 0.6) is 0 Å². The van der Waals surface area contributed by atoms with Crippen LogP contribution in [0, 0.1) is 0 Å².